The number of hydrogen-bond donors (Lipinski definition) is 1. The fraction of sp³-hybridized carbons (Fsp3) is 0.133. The number of aromatic carboxylic acids is 1. The lowest BCUT2D eigenvalue weighted by Gasteiger charge is -2.17. The minimum Gasteiger partial charge on any atom is -0.478 e. The van der Waals surface area contributed by atoms with Gasteiger partial charge in [-0.3, -0.25) is 9.78 Å². The Kier molecular flexibility index (Phi) is 2.95. The van der Waals surface area contributed by atoms with Crippen LogP contribution in [-0.4, -0.2) is 22.0 Å². The van der Waals surface area contributed by atoms with E-state index in [1.54, 1.807) is 29.4 Å². The largest absolute Gasteiger partial charge is 0.478 e. The Hall–Kier alpha value is -2.69. The van der Waals surface area contributed by atoms with Crippen LogP contribution in [0.5, 0.6) is 0 Å². The van der Waals surface area contributed by atoms with Gasteiger partial charge in [0.1, 0.15) is 0 Å². The lowest BCUT2D eigenvalue weighted by molar-refractivity contribution is -0.117. The SMILES string of the molecule is O=C(O)c1ccc2c(c1)CC(=O)N2Cc1ccncc1. The van der Waals surface area contributed by atoms with Crippen LogP contribution >= 0.6 is 0 Å². The monoisotopic (exact) mass is 268 g/mol. The molecule has 0 radical (unpaired) electrons. The van der Waals surface area contributed by atoms with Crippen molar-refractivity contribution < 1.29 is 14.7 Å². The summed E-state index contributed by atoms with van der Waals surface area (Å²) < 4.78 is 0. The molecule has 0 bridgehead atoms. The first kappa shape index (κ1) is 12.3. The van der Waals surface area contributed by atoms with E-state index < -0.39 is 5.97 Å². The van der Waals surface area contributed by atoms with Gasteiger partial charge in [-0.2, -0.15) is 0 Å². The molecule has 2 aromatic rings. The van der Waals surface area contributed by atoms with Gasteiger partial charge in [-0.25, -0.2) is 4.79 Å². The molecule has 0 unspecified atom stereocenters. The van der Waals surface area contributed by atoms with Gasteiger partial charge in [0.15, 0.2) is 0 Å². The fourth-order valence-corrected chi connectivity index (χ4v) is 2.36. The molecule has 5 nitrogen and oxygen atoms in total. The van der Waals surface area contributed by atoms with Crippen LogP contribution in [0.3, 0.4) is 0 Å². The fourth-order valence-electron chi connectivity index (χ4n) is 2.36. The zero-order chi connectivity index (χ0) is 14.1. The van der Waals surface area contributed by atoms with Crippen LogP contribution in [0.4, 0.5) is 5.69 Å². The van der Waals surface area contributed by atoms with Gasteiger partial charge in [-0.05, 0) is 41.5 Å². The standard InChI is InChI=1S/C15H12N2O3/c18-14-8-12-7-11(15(19)20)1-2-13(12)17(14)9-10-3-5-16-6-4-10/h1-7H,8-9H2,(H,19,20). The lowest BCUT2D eigenvalue weighted by atomic mass is 10.1. The molecule has 0 saturated heterocycles. The maximum atomic E-state index is 12.1. The Labute approximate surface area is 115 Å². The number of rotatable bonds is 3. The minimum atomic E-state index is -0.979. The molecule has 0 fully saturated rings. The van der Waals surface area contributed by atoms with Crippen molar-refractivity contribution in [3.05, 3.63) is 59.4 Å². The summed E-state index contributed by atoms with van der Waals surface area (Å²) in [4.78, 5) is 28.7. The van der Waals surface area contributed by atoms with E-state index in [9.17, 15) is 9.59 Å². The number of carbonyl (C=O) groups excluding carboxylic acids is 1. The summed E-state index contributed by atoms with van der Waals surface area (Å²) in [5.41, 5.74) is 2.76. The molecule has 0 atom stereocenters. The summed E-state index contributed by atoms with van der Waals surface area (Å²) in [6.07, 6.45) is 3.62. The molecule has 2 heterocycles. The average molecular weight is 268 g/mol. The zero-order valence-electron chi connectivity index (χ0n) is 10.6. The zero-order valence-corrected chi connectivity index (χ0v) is 10.6. The Morgan fingerprint density at radius 1 is 1.25 bits per heavy atom. The highest BCUT2D eigenvalue weighted by Crippen LogP contribution is 2.31. The highest BCUT2D eigenvalue weighted by Gasteiger charge is 2.27. The smallest absolute Gasteiger partial charge is 0.335 e. The van der Waals surface area contributed by atoms with Crippen molar-refractivity contribution in [2.45, 2.75) is 13.0 Å². The molecule has 100 valence electrons. The van der Waals surface area contributed by atoms with Crippen molar-refractivity contribution in [1.29, 1.82) is 0 Å². The van der Waals surface area contributed by atoms with Gasteiger partial charge in [0.2, 0.25) is 5.91 Å². The third-order valence-electron chi connectivity index (χ3n) is 3.35. The molecule has 1 N–H and O–H groups in total. The van der Waals surface area contributed by atoms with Gasteiger partial charge in [-0.1, -0.05) is 0 Å². The number of benzene rings is 1. The first-order chi connectivity index (χ1) is 9.65. The predicted molar refractivity (Wildman–Crippen MR) is 72.5 cm³/mol. The molecule has 5 heteroatoms. The number of carboxylic acid groups (broad SMARTS) is 1. The summed E-state index contributed by atoms with van der Waals surface area (Å²) in [5.74, 6) is -0.993. The molecular formula is C15H12N2O3. The molecule has 1 aliphatic rings. The summed E-state index contributed by atoms with van der Waals surface area (Å²) in [5, 5.41) is 8.98. The number of carboxylic acids is 1. The van der Waals surface area contributed by atoms with Crippen LogP contribution in [0.15, 0.2) is 42.7 Å². The maximum absolute atomic E-state index is 12.1. The second-order valence-corrected chi connectivity index (χ2v) is 4.66. The third-order valence-corrected chi connectivity index (χ3v) is 3.35. The number of hydrogen-bond acceptors (Lipinski definition) is 3. The van der Waals surface area contributed by atoms with Gasteiger partial charge in [0.25, 0.3) is 0 Å². The second-order valence-electron chi connectivity index (χ2n) is 4.66. The van der Waals surface area contributed by atoms with Gasteiger partial charge in [0, 0.05) is 18.1 Å². The molecule has 1 amide bonds. The quantitative estimate of drug-likeness (QED) is 0.922. The first-order valence-electron chi connectivity index (χ1n) is 6.20. The van der Waals surface area contributed by atoms with E-state index >= 15 is 0 Å². The first-order valence-corrected chi connectivity index (χ1v) is 6.20. The molecule has 1 aromatic heterocycles. The van der Waals surface area contributed by atoms with Crippen molar-refractivity contribution in [3.8, 4) is 0 Å². The Balaban J connectivity index is 1.92. The predicted octanol–water partition coefficient (Wildman–Crippen LogP) is 1.87. The normalized spacial score (nSPS) is 13.4. The van der Waals surface area contributed by atoms with E-state index in [0.29, 0.717) is 6.54 Å². The van der Waals surface area contributed by atoms with Crippen molar-refractivity contribution in [1.82, 2.24) is 4.98 Å². The number of aromatic nitrogens is 1. The molecule has 0 saturated carbocycles. The molecular weight excluding hydrogens is 256 g/mol. The highest BCUT2D eigenvalue weighted by atomic mass is 16.4. The second kappa shape index (κ2) is 4.77. The molecule has 0 aliphatic carbocycles. The maximum Gasteiger partial charge on any atom is 0.335 e. The highest BCUT2D eigenvalue weighted by molar-refractivity contribution is 6.02. The van der Waals surface area contributed by atoms with Crippen LogP contribution in [0, 0.1) is 0 Å². The van der Waals surface area contributed by atoms with Crippen LogP contribution in [-0.2, 0) is 17.8 Å². The number of carbonyl (C=O) groups is 2. The molecule has 20 heavy (non-hydrogen) atoms. The lowest BCUT2D eigenvalue weighted by Crippen LogP contribution is -2.25. The number of amides is 1. The van der Waals surface area contributed by atoms with Crippen LogP contribution in [0.2, 0.25) is 0 Å². The van der Waals surface area contributed by atoms with Gasteiger partial charge in [0.05, 0.1) is 18.5 Å². The van der Waals surface area contributed by atoms with E-state index in [1.807, 2.05) is 12.1 Å². The third kappa shape index (κ3) is 2.14. The molecule has 1 aliphatic heterocycles. The Bertz CT molecular complexity index is 683. The van der Waals surface area contributed by atoms with Crippen molar-refractivity contribution in [2.75, 3.05) is 4.90 Å². The van der Waals surface area contributed by atoms with Crippen LogP contribution in [0.1, 0.15) is 21.5 Å². The number of anilines is 1. The van der Waals surface area contributed by atoms with E-state index in [4.69, 9.17) is 5.11 Å². The van der Waals surface area contributed by atoms with Gasteiger partial charge < -0.3 is 10.0 Å². The molecule has 0 spiro atoms. The number of pyridine rings is 1. The van der Waals surface area contributed by atoms with Gasteiger partial charge >= 0.3 is 5.97 Å². The molecule has 3 rings (SSSR count). The summed E-state index contributed by atoms with van der Waals surface area (Å²) >= 11 is 0. The summed E-state index contributed by atoms with van der Waals surface area (Å²) in [6, 6.07) is 8.51. The van der Waals surface area contributed by atoms with Crippen molar-refractivity contribution >= 4 is 17.6 Å². The average Bonchev–Trinajstić information content (AvgIpc) is 2.75. The van der Waals surface area contributed by atoms with Crippen LogP contribution in [0.25, 0.3) is 0 Å². The summed E-state index contributed by atoms with van der Waals surface area (Å²) in [6.45, 7) is 0.473. The van der Waals surface area contributed by atoms with E-state index in [-0.39, 0.29) is 17.9 Å². The van der Waals surface area contributed by atoms with Gasteiger partial charge in [-0.15, -0.1) is 0 Å². The number of fused-ring (bicyclic) bond motifs is 1. The Morgan fingerprint density at radius 3 is 2.70 bits per heavy atom. The van der Waals surface area contributed by atoms with E-state index in [0.717, 1.165) is 16.8 Å². The molecule has 1 aromatic carbocycles. The Morgan fingerprint density at radius 2 is 2.00 bits per heavy atom. The number of nitrogens with zero attached hydrogens (tertiary/aromatic N) is 2. The minimum absolute atomic E-state index is 0.0145. The topological polar surface area (TPSA) is 70.5 Å². The van der Waals surface area contributed by atoms with Crippen molar-refractivity contribution in [2.24, 2.45) is 0 Å². The van der Waals surface area contributed by atoms with E-state index in [2.05, 4.69) is 4.98 Å². The van der Waals surface area contributed by atoms with Crippen LogP contribution < -0.4 is 4.90 Å². The summed E-state index contributed by atoms with van der Waals surface area (Å²) in [7, 11) is 0. The van der Waals surface area contributed by atoms with E-state index in [1.165, 1.54) is 6.07 Å². The van der Waals surface area contributed by atoms with Crippen molar-refractivity contribution in [3.63, 3.8) is 0 Å².